The largest absolute Gasteiger partial charge is 0.375 e. The summed E-state index contributed by atoms with van der Waals surface area (Å²) in [6.07, 6.45) is 8.61. The maximum absolute atomic E-state index is 14.2. The number of hydrogen-bond donors (Lipinski definition) is 0. The average molecular weight is 385 g/mol. The van der Waals surface area contributed by atoms with Crippen LogP contribution in [-0.4, -0.2) is 51.5 Å². The predicted octanol–water partition coefficient (Wildman–Crippen LogP) is 2.97. The van der Waals surface area contributed by atoms with E-state index in [-0.39, 0.29) is 11.4 Å². The number of anilines is 1. The van der Waals surface area contributed by atoms with E-state index in [1.807, 2.05) is 0 Å². The van der Waals surface area contributed by atoms with Gasteiger partial charge >= 0.3 is 0 Å². The normalized spacial score (nSPS) is 22.4. The number of rotatable bonds is 3. The molecule has 0 bridgehead atoms. The van der Waals surface area contributed by atoms with Crippen LogP contribution in [0, 0.1) is 5.82 Å². The van der Waals surface area contributed by atoms with E-state index in [1.165, 1.54) is 19.0 Å². The van der Waals surface area contributed by atoms with Gasteiger partial charge < -0.3 is 9.64 Å². The Kier molecular flexibility index (Phi) is 4.80. The fourth-order valence-corrected chi connectivity index (χ4v) is 4.93. The molecule has 28 heavy (non-hydrogen) atoms. The number of piperidine rings is 1. The van der Waals surface area contributed by atoms with Crippen LogP contribution in [0.4, 0.5) is 10.1 Å². The zero-order chi connectivity index (χ0) is 19.0. The van der Waals surface area contributed by atoms with Crippen molar-refractivity contribution in [1.29, 1.82) is 0 Å². The predicted molar refractivity (Wildman–Crippen MR) is 105 cm³/mol. The molecule has 0 saturated carbocycles. The van der Waals surface area contributed by atoms with E-state index in [0.717, 1.165) is 70.0 Å². The summed E-state index contributed by atoms with van der Waals surface area (Å²) >= 11 is 0. The van der Waals surface area contributed by atoms with Crippen molar-refractivity contribution in [2.75, 3.05) is 31.1 Å². The number of ether oxygens (including phenoxy) is 1. The molecule has 0 atom stereocenters. The quantitative estimate of drug-likeness (QED) is 0.813. The van der Waals surface area contributed by atoms with Gasteiger partial charge in [-0.3, -0.25) is 14.6 Å². The Hall–Kier alpha value is -1.99. The van der Waals surface area contributed by atoms with Crippen LogP contribution in [0.15, 0.2) is 24.5 Å². The molecule has 0 unspecified atom stereocenters. The van der Waals surface area contributed by atoms with Crippen LogP contribution in [0.5, 0.6) is 0 Å². The topological polar surface area (TPSA) is 46.4 Å². The number of fused-ring (bicyclic) bond motifs is 1. The summed E-state index contributed by atoms with van der Waals surface area (Å²) in [5, 5.41) is 4.86. The second-order valence-corrected chi connectivity index (χ2v) is 8.36. The Bertz CT molecular complexity index is 822. The summed E-state index contributed by atoms with van der Waals surface area (Å²) in [4.78, 5) is 8.47. The molecule has 3 aliphatic rings. The monoisotopic (exact) mass is 385 g/mol. The zero-order valence-corrected chi connectivity index (χ0v) is 16.3. The maximum Gasteiger partial charge on any atom is 0.164 e. The van der Waals surface area contributed by atoms with Crippen LogP contribution in [-0.2, 0) is 24.4 Å². The zero-order valence-electron chi connectivity index (χ0n) is 16.3. The molecule has 150 valence electrons. The third-order valence-electron chi connectivity index (χ3n) is 6.49. The molecule has 0 N–H and O–H groups in total. The second-order valence-electron chi connectivity index (χ2n) is 8.36. The van der Waals surface area contributed by atoms with Gasteiger partial charge in [0, 0.05) is 45.5 Å². The van der Waals surface area contributed by atoms with Crippen molar-refractivity contribution in [3.8, 4) is 0 Å². The van der Waals surface area contributed by atoms with Crippen molar-refractivity contribution >= 4 is 5.69 Å². The fourth-order valence-electron chi connectivity index (χ4n) is 4.93. The highest BCUT2D eigenvalue weighted by Gasteiger charge is 2.38. The molecule has 5 rings (SSSR count). The number of nitrogens with zero attached hydrogens (tertiary/aromatic N) is 5. The third-order valence-corrected chi connectivity index (χ3v) is 6.49. The first-order valence-electron chi connectivity index (χ1n) is 10.5. The van der Waals surface area contributed by atoms with Crippen molar-refractivity contribution < 1.29 is 9.13 Å². The Morgan fingerprint density at radius 1 is 1.11 bits per heavy atom. The van der Waals surface area contributed by atoms with Crippen molar-refractivity contribution in [2.24, 2.45) is 0 Å². The standard InChI is InChI=1S/C21H28FN5O/c22-19-14-23-7-3-20(19)26-8-2-9-27-18(16-26)13-17(24-27)15-25-10-5-21(6-11-25)4-1-12-28-21/h3,7,13-14H,1-2,4-6,8-12,15-16H2. The van der Waals surface area contributed by atoms with Gasteiger partial charge in [0.1, 0.15) is 0 Å². The first kappa shape index (κ1) is 18.1. The molecule has 2 aromatic rings. The minimum Gasteiger partial charge on any atom is -0.375 e. The lowest BCUT2D eigenvalue weighted by Gasteiger charge is -2.38. The van der Waals surface area contributed by atoms with E-state index in [4.69, 9.17) is 9.84 Å². The molecule has 0 amide bonds. The molecular weight excluding hydrogens is 357 g/mol. The molecule has 2 saturated heterocycles. The van der Waals surface area contributed by atoms with Gasteiger partial charge in [-0.15, -0.1) is 0 Å². The summed E-state index contributed by atoms with van der Waals surface area (Å²) < 4.78 is 22.3. The summed E-state index contributed by atoms with van der Waals surface area (Å²) in [5.74, 6) is -0.257. The lowest BCUT2D eigenvalue weighted by Crippen LogP contribution is -2.43. The first-order chi connectivity index (χ1) is 13.7. The van der Waals surface area contributed by atoms with Crippen LogP contribution in [0.25, 0.3) is 0 Å². The highest BCUT2D eigenvalue weighted by molar-refractivity contribution is 5.46. The molecule has 0 radical (unpaired) electrons. The van der Waals surface area contributed by atoms with Gasteiger partial charge in [-0.25, -0.2) is 4.39 Å². The summed E-state index contributed by atoms with van der Waals surface area (Å²) in [7, 11) is 0. The SMILES string of the molecule is Fc1cnccc1N1CCCn2nc(CN3CCC4(CCCO4)CC3)cc2C1. The van der Waals surface area contributed by atoms with E-state index in [0.29, 0.717) is 12.2 Å². The molecule has 0 aromatic carbocycles. The van der Waals surface area contributed by atoms with E-state index in [1.54, 1.807) is 12.3 Å². The maximum atomic E-state index is 14.2. The van der Waals surface area contributed by atoms with Crippen LogP contribution in [0.2, 0.25) is 0 Å². The average Bonchev–Trinajstić information content (AvgIpc) is 3.26. The lowest BCUT2D eigenvalue weighted by atomic mass is 9.88. The van der Waals surface area contributed by atoms with Gasteiger partial charge in [0.05, 0.1) is 35.4 Å². The summed E-state index contributed by atoms with van der Waals surface area (Å²) in [5.41, 5.74) is 3.08. The smallest absolute Gasteiger partial charge is 0.164 e. The lowest BCUT2D eigenvalue weighted by molar-refractivity contribution is -0.0449. The number of halogens is 1. The van der Waals surface area contributed by atoms with Crippen molar-refractivity contribution in [1.82, 2.24) is 19.7 Å². The molecular formula is C21H28FN5O. The third kappa shape index (κ3) is 3.53. The first-order valence-corrected chi connectivity index (χ1v) is 10.5. The van der Waals surface area contributed by atoms with Crippen molar-refractivity contribution in [3.05, 3.63) is 41.7 Å². The fraction of sp³-hybridized carbons (Fsp3) is 0.619. The Balaban J connectivity index is 1.26. The summed E-state index contributed by atoms with van der Waals surface area (Å²) in [6.45, 7) is 6.38. The van der Waals surface area contributed by atoms with Gasteiger partial charge in [0.25, 0.3) is 0 Å². The molecule has 5 heterocycles. The molecule has 2 fully saturated rings. The van der Waals surface area contributed by atoms with Crippen LogP contribution < -0.4 is 4.90 Å². The van der Waals surface area contributed by atoms with Crippen LogP contribution in [0.3, 0.4) is 0 Å². The summed E-state index contributed by atoms with van der Waals surface area (Å²) in [6, 6.07) is 3.96. The van der Waals surface area contributed by atoms with Gasteiger partial charge in [-0.2, -0.15) is 5.10 Å². The number of aromatic nitrogens is 3. The number of hydrogen-bond acceptors (Lipinski definition) is 5. The minimum absolute atomic E-state index is 0.164. The second kappa shape index (κ2) is 7.44. The van der Waals surface area contributed by atoms with Gasteiger partial charge in [0.15, 0.2) is 5.82 Å². The van der Waals surface area contributed by atoms with E-state index in [9.17, 15) is 4.39 Å². The van der Waals surface area contributed by atoms with E-state index >= 15 is 0 Å². The van der Waals surface area contributed by atoms with Gasteiger partial charge in [-0.05, 0) is 44.2 Å². The molecule has 3 aliphatic heterocycles. The number of likely N-dealkylation sites (tertiary alicyclic amines) is 1. The minimum atomic E-state index is -0.257. The van der Waals surface area contributed by atoms with Crippen molar-refractivity contribution in [2.45, 2.75) is 57.3 Å². The van der Waals surface area contributed by atoms with E-state index < -0.39 is 0 Å². The molecule has 0 aliphatic carbocycles. The molecule has 2 aromatic heterocycles. The Labute approximate surface area is 165 Å². The molecule has 6 nitrogen and oxygen atoms in total. The van der Waals surface area contributed by atoms with Gasteiger partial charge in [0.2, 0.25) is 0 Å². The number of pyridine rings is 1. The molecule has 7 heteroatoms. The van der Waals surface area contributed by atoms with Crippen LogP contribution >= 0.6 is 0 Å². The Morgan fingerprint density at radius 2 is 2.00 bits per heavy atom. The van der Waals surface area contributed by atoms with Crippen LogP contribution in [0.1, 0.15) is 43.5 Å². The highest BCUT2D eigenvalue weighted by atomic mass is 19.1. The van der Waals surface area contributed by atoms with Crippen molar-refractivity contribution in [3.63, 3.8) is 0 Å². The Morgan fingerprint density at radius 3 is 2.79 bits per heavy atom. The number of aryl methyl sites for hydroxylation is 1. The van der Waals surface area contributed by atoms with E-state index in [2.05, 4.69) is 25.5 Å². The highest BCUT2D eigenvalue weighted by Crippen LogP contribution is 2.36. The van der Waals surface area contributed by atoms with Gasteiger partial charge in [-0.1, -0.05) is 0 Å². The molecule has 1 spiro atoms.